The van der Waals surface area contributed by atoms with Crippen molar-refractivity contribution in [1.82, 2.24) is 15.2 Å². The zero-order valence-electron chi connectivity index (χ0n) is 10.6. The highest BCUT2D eigenvalue weighted by Gasteiger charge is 2.14. The summed E-state index contributed by atoms with van der Waals surface area (Å²) in [7, 11) is 0. The molecule has 0 saturated carbocycles. The van der Waals surface area contributed by atoms with Crippen LogP contribution < -0.4 is 5.32 Å². The highest BCUT2D eigenvalue weighted by Crippen LogP contribution is 2.24. The number of nitrogens with zero attached hydrogens (tertiary/aromatic N) is 2. The van der Waals surface area contributed by atoms with Crippen LogP contribution in [0.15, 0.2) is 23.7 Å². The summed E-state index contributed by atoms with van der Waals surface area (Å²) in [5.41, 5.74) is 4.02. The number of carbonyl (C=O) groups is 1. The lowest BCUT2D eigenvalue weighted by Gasteiger charge is -2.02. The maximum absolute atomic E-state index is 13.3. The second-order valence-corrected chi connectivity index (χ2v) is 5.22. The summed E-state index contributed by atoms with van der Waals surface area (Å²) in [5.74, 6) is -0.516. The number of aryl methyl sites for hydroxylation is 1. The molecule has 0 radical (unpaired) electrons. The third kappa shape index (κ3) is 2.39. The fourth-order valence-corrected chi connectivity index (χ4v) is 2.60. The molecule has 3 rings (SSSR count). The van der Waals surface area contributed by atoms with Crippen LogP contribution in [0.25, 0.3) is 10.9 Å². The molecule has 0 atom stereocenters. The Morgan fingerprint density at radius 3 is 3.10 bits per heavy atom. The van der Waals surface area contributed by atoms with E-state index in [0.29, 0.717) is 5.13 Å². The van der Waals surface area contributed by atoms with E-state index in [0.717, 1.165) is 22.2 Å². The van der Waals surface area contributed by atoms with Crippen molar-refractivity contribution in [2.24, 2.45) is 0 Å². The fraction of sp³-hybridized carbons (Fsp3) is 0.154. The maximum atomic E-state index is 13.3. The Balaban J connectivity index is 1.88. The Bertz CT molecular complexity index is 766. The molecule has 1 aromatic carbocycles. The van der Waals surface area contributed by atoms with Crippen LogP contribution in [0.1, 0.15) is 11.3 Å². The van der Waals surface area contributed by atoms with Crippen LogP contribution in [-0.2, 0) is 11.2 Å². The summed E-state index contributed by atoms with van der Waals surface area (Å²) in [6.45, 7) is 1.87. The molecule has 1 amide bonds. The first-order chi connectivity index (χ1) is 9.63. The number of aromatic nitrogens is 3. The predicted octanol–water partition coefficient (Wildman–Crippen LogP) is 2.65. The Labute approximate surface area is 117 Å². The van der Waals surface area contributed by atoms with Gasteiger partial charge in [0.25, 0.3) is 0 Å². The molecular weight excluding hydrogens is 279 g/mol. The van der Waals surface area contributed by atoms with Gasteiger partial charge in [0, 0.05) is 16.6 Å². The monoisotopic (exact) mass is 290 g/mol. The number of carbonyl (C=O) groups excluding carboxylic acids is 1. The number of fused-ring (bicyclic) bond motifs is 1. The van der Waals surface area contributed by atoms with Gasteiger partial charge in [-0.1, -0.05) is 11.3 Å². The van der Waals surface area contributed by atoms with E-state index in [1.54, 1.807) is 11.6 Å². The van der Waals surface area contributed by atoms with Crippen molar-refractivity contribution < 1.29 is 9.18 Å². The normalized spacial score (nSPS) is 10.9. The molecule has 0 bridgehead atoms. The Hall–Kier alpha value is -2.28. The SMILES string of the molecule is Cc1[nH]c2ccc(F)cc2c1CC(=O)Nc1nncs1. The second kappa shape index (κ2) is 5.01. The first-order valence-corrected chi connectivity index (χ1v) is 6.84. The van der Waals surface area contributed by atoms with Gasteiger partial charge >= 0.3 is 0 Å². The van der Waals surface area contributed by atoms with Gasteiger partial charge in [-0.3, -0.25) is 4.79 Å². The van der Waals surface area contributed by atoms with E-state index in [-0.39, 0.29) is 18.1 Å². The summed E-state index contributed by atoms with van der Waals surface area (Å²) in [5, 5.41) is 11.3. The molecule has 0 fully saturated rings. The summed E-state index contributed by atoms with van der Waals surface area (Å²) in [6, 6.07) is 4.50. The second-order valence-electron chi connectivity index (χ2n) is 4.39. The van der Waals surface area contributed by atoms with Gasteiger partial charge in [-0.2, -0.15) is 0 Å². The third-order valence-corrected chi connectivity index (χ3v) is 3.63. The smallest absolute Gasteiger partial charge is 0.230 e. The molecule has 5 nitrogen and oxygen atoms in total. The number of hydrogen-bond donors (Lipinski definition) is 2. The molecule has 0 spiro atoms. The van der Waals surface area contributed by atoms with E-state index in [1.807, 2.05) is 6.92 Å². The fourth-order valence-electron chi connectivity index (χ4n) is 2.13. The lowest BCUT2D eigenvalue weighted by molar-refractivity contribution is -0.115. The van der Waals surface area contributed by atoms with Crippen molar-refractivity contribution in [3.05, 3.63) is 40.8 Å². The number of rotatable bonds is 3. The average molecular weight is 290 g/mol. The summed E-state index contributed by atoms with van der Waals surface area (Å²) in [4.78, 5) is 15.1. The standard InChI is InChI=1S/C13H11FN4OS/c1-7-9(5-12(19)17-13-18-15-6-20-13)10-4-8(14)2-3-11(10)16-7/h2-4,6,16H,5H2,1H3,(H,17,18,19). The molecule has 20 heavy (non-hydrogen) atoms. The minimum atomic E-state index is -0.317. The van der Waals surface area contributed by atoms with Gasteiger partial charge in [-0.15, -0.1) is 10.2 Å². The molecular formula is C13H11FN4OS. The molecule has 0 saturated heterocycles. The first-order valence-electron chi connectivity index (χ1n) is 5.96. The van der Waals surface area contributed by atoms with Crippen molar-refractivity contribution in [3.8, 4) is 0 Å². The van der Waals surface area contributed by atoms with E-state index in [1.165, 1.54) is 23.5 Å². The molecule has 0 aliphatic rings. The van der Waals surface area contributed by atoms with Crippen LogP contribution >= 0.6 is 11.3 Å². The van der Waals surface area contributed by atoms with Gasteiger partial charge in [-0.25, -0.2) is 4.39 Å². The summed E-state index contributed by atoms with van der Waals surface area (Å²) >= 11 is 1.25. The number of nitrogens with one attached hydrogen (secondary N) is 2. The third-order valence-electron chi connectivity index (χ3n) is 3.03. The van der Waals surface area contributed by atoms with Crippen LogP contribution in [0.2, 0.25) is 0 Å². The predicted molar refractivity (Wildman–Crippen MR) is 75.2 cm³/mol. The number of hydrogen-bond acceptors (Lipinski definition) is 4. The molecule has 3 aromatic rings. The van der Waals surface area contributed by atoms with Gasteiger partial charge in [0.1, 0.15) is 11.3 Å². The minimum absolute atomic E-state index is 0.162. The van der Waals surface area contributed by atoms with E-state index >= 15 is 0 Å². The van der Waals surface area contributed by atoms with Crippen molar-refractivity contribution >= 4 is 33.3 Å². The zero-order valence-corrected chi connectivity index (χ0v) is 11.4. The molecule has 2 heterocycles. The van der Waals surface area contributed by atoms with E-state index in [9.17, 15) is 9.18 Å². The molecule has 7 heteroatoms. The molecule has 2 aromatic heterocycles. The molecule has 102 valence electrons. The van der Waals surface area contributed by atoms with Gasteiger partial charge in [0.15, 0.2) is 0 Å². The Morgan fingerprint density at radius 1 is 1.50 bits per heavy atom. The highest BCUT2D eigenvalue weighted by atomic mass is 32.1. The zero-order chi connectivity index (χ0) is 14.1. The lowest BCUT2D eigenvalue weighted by Crippen LogP contribution is -2.14. The van der Waals surface area contributed by atoms with Crippen molar-refractivity contribution in [2.45, 2.75) is 13.3 Å². The number of H-pyrrole nitrogens is 1. The minimum Gasteiger partial charge on any atom is -0.358 e. The lowest BCUT2D eigenvalue weighted by atomic mass is 10.1. The molecule has 2 N–H and O–H groups in total. The number of anilines is 1. The molecule has 0 unspecified atom stereocenters. The van der Waals surface area contributed by atoms with Crippen molar-refractivity contribution in [1.29, 1.82) is 0 Å². The topological polar surface area (TPSA) is 70.7 Å². The van der Waals surface area contributed by atoms with Crippen LogP contribution in [0, 0.1) is 12.7 Å². The maximum Gasteiger partial charge on any atom is 0.230 e. The number of amides is 1. The molecule has 0 aliphatic carbocycles. The number of benzene rings is 1. The van der Waals surface area contributed by atoms with Crippen LogP contribution in [0.4, 0.5) is 9.52 Å². The van der Waals surface area contributed by atoms with Crippen LogP contribution in [0.3, 0.4) is 0 Å². The summed E-state index contributed by atoms with van der Waals surface area (Å²) < 4.78 is 13.3. The van der Waals surface area contributed by atoms with Gasteiger partial charge in [0.2, 0.25) is 11.0 Å². The van der Waals surface area contributed by atoms with Crippen molar-refractivity contribution in [2.75, 3.05) is 5.32 Å². The quantitative estimate of drug-likeness (QED) is 0.779. The van der Waals surface area contributed by atoms with E-state index < -0.39 is 0 Å². The molecule has 0 aliphatic heterocycles. The summed E-state index contributed by atoms with van der Waals surface area (Å²) in [6.07, 6.45) is 0.162. The van der Waals surface area contributed by atoms with Crippen LogP contribution in [0.5, 0.6) is 0 Å². The number of aromatic amines is 1. The largest absolute Gasteiger partial charge is 0.358 e. The van der Waals surface area contributed by atoms with E-state index in [4.69, 9.17) is 0 Å². The Morgan fingerprint density at radius 2 is 2.35 bits per heavy atom. The number of halogens is 1. The average Bonchev–Trinajstić information content (AvgIpc) is 3.00. The highest BCUT2D eigenvalue weighted by molar-refractivity contribution is 7.13. The van der Waals surface area contributed by atoms with Crippen molar-refractivity contribution in [3.63, 3.8) is 0 Å². The Kier molecular flexibility index (Phi) is 3.19. The van der Waals surface area contributed by atoms with Gasteiger partial charge in [0.05, 0.1) is 6.42 Å². The van der Waals surface area contributed by atoms with Crippen LogP contribution in [-0.4, -0.2) is 21.1 Å². The first kappa shape index (κ1) is 12.7. The van der Waals surface area contributed by atoms with Gasteiger partial charge < -0.3 is 10.3 Å². The van der Waals surface area contributed by atoms with E-state index in [2.05, 4.69) is 20.5 Å². The van der Waals surface area contributed by atoms with Gasteiger partial charge in [-0.05, 0) is 30.7 Å².